The van der Waals surface area contributed by atoms with Gasteiger partial charge in [0.25, 0.3) is 0 Å². The summed E-state index contributed by atoms with van der Waals surface area (Å²) in [6, 6.07) is 9.30. The molecule has 1 heterocycles. The van der Waals surface area contributed by atoms with Gasteiger partial charge in [0.15, 0.2) is 0 Å². The minimum absolute atomic E-state index is 0.294. The van der Waals surface area contributed by atoms with Gasteiger partial charge in [0, 0.05) is 12.8 Å². The largest absolute Gasteiger partial charge is 0.460 e. The van der Waals surface area contributed by atoms with Crippen molar-refractivity contribution in [2.24, 2.45) is 0 Å². The maximum atomic E-state index is 12.1. The maximum Gasteiger partial charge on any atom is 0.338 e. The second-order valence-corrected chi connectivity index (χ2v) is 4.88. The molecular weight excluding hydrogens is 268 g/mol. The fourth-order valence-corrected chi connectivity index (χ4v) is 2.20. The third kappa shape index (κ3) is 3.92. The Hall–Kier alpha value is -2.14. The zero-order chi connectivity index (χ0) is 15.2. The molecule has 0 atom stereocenters. The lowest BCUT2D eigenvalue weighted by molar-refractivity contribution is 0.0482. The van der Waals surface area contributed by atoms with E-state index < -0.39 is 0 Å². The number of esters is 1. The highest BCUT2D eigenvalue weighted by Gasteiger charge is 2.12. The van der Waals surface area contributed by atoms with Crippen LogP contribution < -0.4 is 0 Å². The van der Waals surface area contributed by atoms with Crippen molar-refractivity contribution in [1.29, 1.82) is 0 Å². The van der Waals surface area contributed by atoms with Crippen LogP contribution in [0.25, 0.3) is 0 Å². The molecule has 0 aliphatic rings. The Morgan fingerprint density at radius 1 is 1.29 bits per heavy atom. The molecule has 2 aromatic rings. The fourth-order valence-electron chi connectivity index (χ4n) is 2.20. The molecule has 2 rings (SSSR count). The van der Waals surface area contributed by atoms with E-state index >= 15 is 0 Å². The van der Waals surface area contributed by atoms with Gasteiger partial charge in [0.05, 0.1) is 24.4 Å². The van der Waals surface area contributed by atoms with Crippen molar-refractivity contribution in [2.45, 2.75) is 27.0 Å². The standard InChI is InChI=1S/C16H20N2O3/c1-12-10-13(2)18(17-12)8-9-21-16(19)15-7-5-4-6-14(15)11-20-3/h4-7,10H,8-9,11H2,1-3H3. The molecule has 1 aromatic heterocycles. The number of aryl methyl sites for hydroxylation is 2. The van der Waals surface area contributed by atoms with Gasteiger partial charge in [-0.2, -0.15) is 5.10 Å². The molecule has 21 heavy (non-hydrogen) atoms. The Morgan fingerprint density at radius 2 is 2.05 bits per heavy atom. The first-order valence-electron chi connectivity index (χ1n) is 6.87. The highest BCUT2D eigenvalue weighted by Crippen LogP contribution is 2.11. The summed E-state index contributed by atoms with van der Waals surface area (Å²) in [4.78, 5) is 12.1. The third-order valence-electron chi connectivity index (χ3n) is 3.18. The summed E-state index contributed by atoms with van der Waals surface area (Å²) < 4.78 is 12.3. The van der Waals surface area contributed by atoms with Crippen molar-refractivity contribution in [3.05, 3.63) is 52.8 Å². The number of benzene rings is 1. The molecule has 0 aliphatic carbocycles. The summed E-state index contributed by atoms with van der Waals surface area (Å²) in [5.41, 5.74) is 3.40. The van der Waals surface area contributed by atoms with E-state index in [1.807, 2.05) is 42.8 Å². The molecule has 112 valence electrons. The molecule has 0 N–H and O–H groups in total. The second-order valence-electron chi connectivity index (χ2n) is 4.88. The number of hydrogen-bond acceptors (Lipinski definition) is 4. The van der Waals surface area contributed by atoms with E-state index in [9.17, 15) is 4.79 Å². The van der Waals surface area contributed by atoms with Gasteiger partial charge in [-0.25, -0.2) is 4.79 Å². The van der Waals surface area contributed by atoms with Crippen LogP contribution in [0.2, 0.25) is 0 Å². The Balaban J connectivity index is 1.94. The summed E-state index contributed by atoms with van der Waals surface area (Å²) >= 11 is 0. The first kappa shape index (κ1) is 15.3. The highest BCUT2D eigenvalue weighted by molar-refractivity contribution is 5.91. The molecule has 0 amide bonds. The van der Waals surface area contributed by atoms with Crippen molar-refractivity contribution in [1.82, 2.24) is 9.78 Å². The normalized spacial score (nSPS) is 10.6. The number of ether oxygens (including phenoxy) is 2. The summed E-state index contributed by atoms with van der Waals surface area (Å²) in [6.45, 7) is 5.16. The average Bonchev–Trinajstić information content (AvgIpc) is 2.78. The van der Waals surface area contributed by atoms with Crippen molar-refractivity contribution in [2.75, 3.05) is 13.7 Å². The van der Waals surface area contributed by atoms with Crippen LogP contribution in [0.5, 0.6) is 0 Å². The summed E-state index contributed by atoms with van der Waals surface area (Å²) in [5.74, 6) is -0.329. The van der Waals surface area contributed by atoms with Crippen LogP contribution in [-0.2, 0) is 22.6 Å². The van der Waals surface area contributed by atoms with E-state index in [2.05, 4.69) is 5.10 Å². The van der Waals surface area contributed by atoms with Crippen LogP contribution in [0.4, 0.5) is 0 Å². The zero-order valence-corrected chi connectivity index (χ0v) is 12.6. The van der Waals surface area contributed by atoms with Crippen molar-refractivity contribution in [3.8, 4) is 0 Å². The first-order valence-corrected chi connectivity index (χ1v) is 6.87. The lowest BCUT2D eigenvalue weighted by atomic mass is 10.1. The van der Waals surface area contributed by atoms with Gasteiger partial charge < -0.3 is 9.47 Å². The van der Waals surface area contributed by atoms with Crippen LogP contribution in [0, 0.1) is 13.8 Å². The molecule has 1 aromatic carbocycles. The third-order valence-corrected chi connectivity index (χ3v) is 3.18. The van der Waals surface area contributed by atoms with E-state index in [1.165, 1.54) is 0 Å². The second kappa shape index (κ2) is 7.04. The van der Waals surface area contributed by atoms with Crippen molar-refractivity contribution < 1.29 is 14.3 Å². The smallest absolute Gasteiger partial charge is 0.338 e. The van der Waals surface area contributed by atoms with Gasteiger partial charge in [-0.1, -0.05) is 18.2 Å². The van der Waals surface area contributed by atoms with Crippen LogP contribution in [0.1, 0.15) is 27.3 Å². The monoisotopic (exact) mass is 288 g/mol. The molecule has 0 radical (unpaired) electrons. The van der Waals surface area contributed by atoms with E-state index in [1.54, 1.807) is 13.2 Å². The Labute approximate surface area is 124 Å². The van der Waals surface area contributed by atoms with Crippen LogP contribution >= 0.6 is 0 Å². The number of methoxy groups -OCH3 is 1. The lowest BCUT2D eigenvalue weighted by Crippen LogP contribution is -2.14. The predicted octanol–water partition coefficient (Wildman–Crippen LogP) is 2.50. The van der Waals surface area contributed by atoms with E-state index in [4.69, 9.17) is 9.47 Å². The number of rotatable bonds is 6. The number of carbonyl (C=O) groups excluding carboxylic acids is 1. The molecule has 0 fully saturated rings. The van der Waals surface area contributed by atoms with Crippen molar-refractivity contribution >= 4 is 5.97 Å². The van der Waals surface area contributed by atoms with Gasteiger partial charge in [-0.05, 0) is 31.5 Å². The zero-order valence-electron chi connectivity index (χ0n) is 12.6. The van der Waals surface area contributed by atoms with Gasteiger partial charge >= 0.3 is 5.97 Å². The van der Waals surface area contributed by atoms with E-state index in [0.717, 1.165) is 17.0 Å². The number of hydrogen-bond donors (Lipinski definition) is 0. The molecule has 0 spiro atoms. The van der Waals surface area contributed by atoms with Crippen LogP contribution in [0.3, 0.4) is 0 Å². The average molecular weight is 288 g/mol. The molecule has 0 aliphatic heterocycles. The molecule has 0 unspecified atom stereocenters. The van der Waals surface area contributed by atoms with Crippen molar-refractivity contribution in [3.63, 3.8) is 0 Å². The van der Waals surface area contributed by atoms with E-state index in [-0.39, 0.29) is 5.97 Å². The molecule has 0 saturated heterocycles. The number of carbonyl (C=O) groups is 1. The van der Waals surface area contributed by atoms with Gasteiger partial charge in [-0.15, -0.1) is 0 Å². The van der Waals surface area contributed by atoms with Crippen LogP contribution in [-0.4, -0.2) is 29.5 Å². The van der Waals surface area contributed by atoms with Gasteiger partial charge in [-0.3, -0.25) is 4.68 Å². The minimum Gasteiger partial charge on any atom is -0.460 e. The fraction of sp³-hybridized carbons (Fsp3) is 0.375. The SMILES string of the molecule is COCc1ccccc1C(=O)OCCn1nc(C)cc1C. The lowest BCUT2D eigenvalue weighted by Gasteiger charge is -2.09. The quantitative estimate of drug-likeness (QED) is 0.766. The number of nitrogens with zero attached hydrogens (tertiary/aromatic N) is 2. The number of aromatic nitrogens is 2. The molecule has 5 heteroatoms. The molecule has 0 bridgehead atoms. The molecular formula is C16H20N2O3. The molecule has 0 saturated carbocycles. The summed E-state index contributed by atoms with van der Waals surface area (Å²) in [7, 11) is 1.60. The predicted molar refractivity (Wildman–Crippen MR) is 79.1 cm³/mol. The Kier molecular flexibility index (Phi) is 5.11. The molecule has 5 nitrogen and oxygen atoms in total. The van der Waals surface area contributed by atoms with Gasteiger partial charge in [0.2, 0.25) is 0 Å². The van der Waals surface area contributed by atoms with E-state index in [0.29, 0.717) is 25.3 Å². The van der Waals surface area contributed by atoms with Crippen LogP contribution in [0.15, 0.2) is 30.3 Å². The minimum atomic E-state index is -0.329. The summed E-state index contributed by atoms with van der Waals surface area (Å²) in [6.07, 6.45) is 0. The summed E-state index contributed by atoms with van der Waals surface area (Å²) in [5, 5.41) is 4.33. The first-order chi connectivity index (χ1) is 10.1. The Morgan fingerprint density at radius 3 is 2.71 bits per heavy atom. The highest BCUT2D eigenvalue weighted by atomic mass is 16.5. The van der Waals surface area contributed by atoms with Gasteiger partial charge in [0.1, 0.15) is 6.61 Å². The maximum absolute atomic E-state index is 12.1. The topological polar surface area (TPSA) is 53.4 Å². The Bertz CT molecular complexity index is 620.